The van der Waals surface area contributed by atoms with Crippen LogP contribution in [-0.4, -0.2) is 65.4 Å². The molecule has 0 bridgehead atoms. The van der Waals surface area contributed by atoms with E-state index < -0.39 is 41.7 Å². The SMILES string of the molecule is CC(=O)N[C@H](C(=O)C[C@@H](Cc1ccccc1)C[C@H](O)[C@H](Cc1ccccc1)NC(=O)C1CN(c2cccc(C(C)=O)c2)C(=O)O1)C(C)(C)C. The molecule has 4 rings (SSSR count). The van der Waals surface area contributed by atoms with Gasteiger partial charge in [-0.25, -0.2) is 4.79 Å². The van der Waals surface area contributed by atoms with Crippen LogP contribution >= 0.6 is 0 Å². The summed E-state index contributed by atoms with van der Waals surface area (Å²) in [7, 11) is 0. The van der Waals surface area contributed by atoms with Gasteiger partial charge < -0.3 is 20.5 Å². The maximum absolute atomic E-state index is 13.7. The fourth-order valence-corrected chi connectivity index (χ4v) is 6.21. The number of hydrogen-bond donors (Lipinski definition) is 3. The Morgan fingerprint density at radius 1 is 0.878 bits per heavy atom. The molecule has 3 aromatic carbocycles. The first-order valence-corrected chi connectivity index (χ1v) is 16.7. The molecule has 0 radical (unpaired) electrons. The number of nitrogens with one attached hydrogen (secondary N) is 2. The number of ether oxygens (including phenoxy) is 1. The number of cyclic esters (lactones) is 1. The fraction of sp³-hybridized carbons (Fsp3) is 0.410. The van der Waals surface area contributed by atoms with Crippen LogP contribution in [0.1, 0.15) is 68.9 Å². The van der Waals surface area contributed by atoms with Gasteiger partial charge >= 0.3 is 6.09 Å². The molecule has 1 aliphatic rings. The Bertz CT molecular complexity index is 1620. The fourth-order valence-electron chi connectivity index (χ4n) is 6.21. The average molecular weight is 670 g/mol. The van der Waals surface area contributed by atoms with Crippen LogP contribution in [0.15, 0.2) is 84.9 Å². The number of benzene rings is 3. The summed E-state index contributed by atoms with van der Waals surface area (Å²) in [6.45, 7) is 8.45. The number of hydrogen-bond acceptors (Lipinski definition) is 7. The Kier molecular flexibility index (Phi) is 12.5. The summed E-state index contributed by atoms with van der Waals surface area (Å²) in [5, 5.41) is 17.5. The van der Waals surface area contributed by atoms with Crippen molar-refractivity contribution in [1.82, 2.24) is 10.6 Å². The van der Waals surface area contributed by atoms with Gasteiger partial charge in [0.1, 0.15) is 0 Å². The molecule has 1 heterocycles. The predicted molar refractivity (Wildman–Crippen MR) is 187 cm³/mol. The van der Waals surface area contributed by atoms with Crippen molar-refractivity contribution in [2.45, 2.75) is 84.6 Å². The normalized spacial score (nSPS) is 17.0. The lowest BCUT2D eigenvalue weighted by Gasteiger charge is -2.32. The molecule has 0 saturated carbocycles. The Labute approximate surface area is 288 Å². The summed E-state index contributed by atoms with van der Waals surface area (Å²) in [5.74, 6) is -1.46. The Morgan fingerprint density at radius 3 is 2.06 bits per heavy atom. The van der Waals surface area contributed by atoms with E-state index in [9.17, 15) is 29.1 Å². The van der Waals surface area contributed by atoms with Gasteiger partial charge in [0.2, 0.25) is 5.91 Å². The number of ketones is 2. The van der Waals surface area contributed by atoms with Crippen LogP contribution < -0.4 is 15.5 Å². The third-order valence-corrected chi connectivity index (χ3v) is 8.73. The van der Waals surface area contributed by atoms with E-state index in [2.05, 4.69) is 10.6 Å². The molecule has 10 nitrogen and oxygen atoms in total. The summed E-state index contributed by atoms with van der Waals surface area (Å²) in [6, 6.07) is 24.2. The minimum atomic E-state index is -1.15. The van der Waals surface area contributed by atoms with E-state index in [1.165, 1.54) is 18.7 Å². The molecule has 260 valence electrons. The largest absolute Gasteiger partial charge is 0.434 e. The van der Waals surface area contributed by atoms with Crippen molar-refractivity contribution in [3.63, 3.8) is 0 Å². The van der Waals surface area contributed by atoms with E-state index in [1.54, 1.807) is 24.3 Å². The minimum Gasteiger partial charge on any atom is -0.434 e. The van der Waals surface area contributed by atoms with Gasteiger partial charge in [-0.05, 0) is 60.8 Å². The van der Waals surface area contributed by atoms with Crippen LogP contribution in [0.3, 0.4) is 0 Å². The van der Waals surface area contributed by atoms with Crippen LogP contribution in [0.25, 0.3) is 0 Å². The van der Waals surface area contributed by atoms with Gasteiger partial charge in [0.25, 0.3) is 5.91 Å². The summed E-state index contributed by atoms with van der Waals surface area (Å²) in [6.07, 6.45) is -1.85. The first-order chi connectivity index (χ1) is 23.2. The monoisotopic (exact) mass is 669 g/mol. The van der Waals surface area contributed by atoms with Gasteiger partial charge in [-0.2, -0.15) is 0 Å². The lowest BCUT2D eigenvalue weighted by atomic mass is 9.79. The lowest BCUT2D eigenvalue weighted by molar-refractivity contribution is -0.130. The van der Waals surface area contributed by atoms with Gasteiger partial charge in [0.05, 0.1) is 24.7 Å². The van der Waals surface area contributed by atoms with Crippen molar-refractivity contribution in [3.05, 3.63) is 102 Å². The average Bonchev–Trinajstić information content (AvgIpc) is 3.45. The van der Waals surface area contributed by atoms with Crippen molar-refractivity contribution >= 4 is 35.2 Å². The van der Waals surface area contributed by atoms with Gasteiger partial charge in [-0.15, -0.1) is 0 Å². The molecule has 0 aromatic heterocycles. The number of aliphatic hydroxyl groups excluding tert-OH is 1. The van der Waals surface area contributed by atoms with Crippen molar-refractivity contribution in [3.8, 4) is 0 Å². The van der Waals surface area contributed by atoms with Crippen LogP contribution in [0.5, 0.6) is 0 Å². The molecule has 10 heteroatoms. The highest BCUT2D eigenvalue weighted by molar-refractivity contribution is 5.99. The second-order valence-corrected chi connectivity index (χ2v) is 13.9. The highest BCUT2D eigenvalue weighted by Gasteiger charge is 2.39. The van der Waals surface area contributed by atoms with Crippen molar-refractivity contribution in [2.75, 3.05) is 11.4 Å². The van der Waals surface area contributed by atoms with Gasteiger partial charge in [-0.3, -0.25) is 24.1 Å². The number of carbonyl (C=O) groups is 5. The quantitative estimate of drug-likeness (QED) is 0.192. The minimum absolute atomic E-state index is 0.0668. The third-order valence-electron chi connectivity index (χ3n) is 8.73. The molecule has 1 unspecified atom stereocenters. The highest BCUT2D eigenvalue weighted by Crippen LogP contribution is 2.27. The topological polar surface area (TPSA) is 142 Å². The van der Waals surface area contributed by atoms with E-state index in [-0.39, 0.29) is 42.8 Å². The van der Waals surface area contributed by atoms with E-state index in [0.29, 0.717) is 24.1 Å². The van der Waals surface area contributed by atoms with Crippen LogP contribution in [0.4, 0.5) is 10.5 Å². The third kappa shape index (κ3) is 10.6. The molecular weight excluding hydrogens is 622 g/mol. The summed E-state index contributed by atoms with van der Waals surface area (Å²) in [5.41, 5.74) is 2.22. The van der Waals surface area contributed by atoms with Crippen molar-refractivity contribution in [1.29, 1.82) is 0 Å². The molecule has 5 atom stereocenters. The molecule has 3 aromatic rings. The van der Waals surface area contributed by atoms with Crippen molar-refractivity contribution < 1.29 is 33.8 Å². The molecule has 0 aliphatic carbocycles. The zero-order chi connectivity index (χ0) is 35.7. The number of carbonyl (C=O) groups excluding carboxylic acids is 5. The molecule has 1 fully saturated rings. The molecule has 3 amide bonds. The van der Waals surface area contributed by atoms with Crippen LogP contribution in [-0.2, 0) is 32.0 Å². The second kappa shape index (κ2) is 16.5. The summed E-state index contributed by atoms with van der Waals surface area (Å²) >= 11 is 0. The number of rotatable bonds is 15. The number of amides is 3. The Morgan fingerprint density at radius 2 is 1.49 bits per heavy atom. The van der Waals surface area contributed by atoms with Crippen LogP contribution in [0, 0.1) is 11.3 Å². The first kappa shape index (κ1) is 37.0. The van der Waals surface area contributed by atoms with Gasteiger partial charge in [0.15, 0.2) is 17.7 Å². The highest BCUT2D eigenvalue weighted by atomic mass is 16.6. The Balaban J connectivity index is 1.55. The lowest BCUT2D eigenvalue weighted by Crippen LogP contribution is -2.50. The maximum atomic E-state index is 13.7. The predicted octanol–water partition coefficient (Wildman–Crippen LogP) is 5.06. The maximum Gasteiger partial charge on any atom is 0.415 e. The number of anilines is 1. The second-order valence-electron chi connectivity index (χ2n) is 13.9. The smallest absolute Gasteiger partial charge is 0.415 e. The van der Waals surface area contributed by atoms with E-state index in [4.69, 9.17) is 4.74 Å². The standard InChI is InChI=1S/C39H47N3O7/c1-25(43)30-17-12-18-31(23-30)42-24-35(49-38(42)48)37(47)41-32(20-28-15-10-7-11-16-28)33(45)21-29(19-27-13-8-6-9-14-27)22-34(46)36(39(3,4)5)40-26(2)44/h6-18,23,29,32-33,35-36,45H,19-22,24H2,1-5H3,(H,40,44)(H,41,47)/t29-,32-,33-,35?,36+/m0/s1. The molecular formula is C39H47N3O7. The molecule has 0 spiro atoms. The van der Waals surface area contributed by atoms with Crippen molar-refractivity contribution in [2.24, 2.45) is 11.3 Å². The molecule has 3 N–H and O–H groups in total. The molecule has 1 saturated heterocycles. The summed E-state index contributed by atoms with van der Waals surface area (Å²) < 4.78 is 5.45. The summed E-state index contributed by atoms with van der Waals surface area (Å²) in [4.78, 5) is 65.4. The van der Waals surface area contributed by atoms with Crippen LogP contribution in [0.2, 0.25) is 0 Å². The number of Topliss-reactive ketones (excluding diaryl/α,β-unsaturated/α-hetero) is 2. The molecule has 1 aliphatic heterocycles. The van der Waals surface area contributed by atoms with E-state index in [0.717, 1.165) is 11.1 Å². The zero-order valence-electron chi connectivity index (χ0n) is 28.8. The Hall–Kier alpha value is -4.83. The van der Waals surface area contributed by atoms with Gasteiger partial charge in [0, 0.05) is 24.6 Å². The molecule has 49 heavy (non-hydrogen) atoms. The zero-order valence-corrected chi connectivity index (χ0v) is 28.8. The van der Waals surface area contributed by atoms with E-state index in [1.807, 2.05) is 81.4 Å². The first-order valence-electron chi connectivity index (χ1n) is 16.7. The number of aliphatic hydroxyl groups is 1. The van der Waals surface area contributed by atoms with E-state index >= 15 is 0 Å². The van der Waals surface area contributed by atoms with Gasteiger partial charge in [-0.1, -0.05) is 93.6 Å². The number of nitrogens with zero attached hydrogens (tertiary/aromatic N) is 1.